The van der Waals surface area contributed by atoms with E-state index in [2.05, 4.69) is 27.1 Å². The lowest BCUT2D eigenvalue weighted by Crippen LogP contribution is -2.44. The minimum atomic E-state index is -0.317. The van der Waals surface area contributed by atoms with Crippen molar-refractivity contribution in [2.24, 2.45) is 0 Å². The Hall–Kier alpha value is -2.51. The normalized spacial score (nSPS) is 16.8. The first-order valence-corrected chi connectivity index (χ1v) is 10.2. The Bertz CT molecular complexity index is 733. The summed E-state index contributed by atoms with van der Waals surface area (Å²) >= 11 is 0. The van der Waals surface area contributed by atoms with Crippen molar-refractivity contribution in [3.05, 3.63) is 54.0 Å². The third-order valence-corrected chi connectivity index (χ3v) is 5.23. The number of piperazine rings is 1. The fraction of sp³-hybridized carbons (Fsp3) is 0.455. The highest BCUT2D eigenvalue weighted by Gasteiger charge is 2.15. The van der Waals surface area contributed by atoms with E-state index in [-0.39, 0.29) is 5.82 Å². The van der Waals surface area contributed by atoms with Gasteiger partial charge in [-0.2, -0.15) is 0 Å². The summed E-state index contributed by atoms with van der Waals surface area (Å²) in [7, 11) is 2.12. The van der Waals surface area contributed by atoms with Crippen molar-refractivity contribution >= 4 is 17.9 Å². The molecule has 2 aliphatic heterocycles. The van der Waals surface area contributed by atoms with Gasteiger partial charge in [0.05, 0.1) is 6.54 Å². The zero-order valence-electron chi connectivity index (χ0n) is 17.1. The molecule has 1 amide bonds. The molecule has 2 fully saturated rings. The van der Waals surface area contributed by atoms with E-state index in [0.29, 0.717) is 12.2 Å². The van der Waals surface area contributed by atoms with Gasteiger partial charge < -0.3 is 20.0 Å². The van der Waals surface area contributed by atoms with Gasteiger partial charge in [-0.1, -0.05) is 6.07 Å². The van der Waals surface area contributed by atoms with Crippen LogP contribution in [0.4, 0.5) is 15.9 Å². The van der Waals surface area contributed by atoms with Crippen LogP contribution in [-0.4, -0.2) is 62.6 Å². The highest BCUT2D eigenvalue weighted by Crippen LogP contribution is 2.18. The van der Waals surface area contributed by atoms with Gasteiger partial charge >= 0.3 is 0 Å². The number of carbonyl (C=O) groups is 1. The molecule has 29 heavy (non-hydrogen) atoms. The second-order valence-electron chi connectivity index (χ2n) is 7.48. The molecule has 0 bridgehead atoms. The van der Waals surface area contributed by atoms with Crippen LogP contribution in [-0.2, 0) is 11.3 Å². The number of hydrogen-bond donors (Lipinski definition) is 1. The largest absolute Gasteiger partial charge is 0.354 e. The Morgan fingerprint density at radius 3 is 2.28 bits per heavy atom. The number of rotatable bonds is 5. The number of carbonyl (C=O) groups excluding carboxylic acids is 1. The topological polar surface area (TPSA) is 51.7 Å². The van der Waals surface area contributed by atoms with E-state index in [1.54, 1.807) is 18.3 Å². The monoisotopic (exact) mass is 399 g/mol. The molecular formula is C22H30FN5O. The molecule has 1 aromatic carbocycles. The van der Waals surface area contributed by atoms with E-state index in [1.807, 2.05) is 12.1 Å². The van der Waals surface area contributed by atoms with Gasteiger partial charge in [-0.05, 0) is 68.9 Å². The van der Waals surface area contributed by atoms with Crippen molar-refractivity contribution < 1.29 is 9.18 Å². The maximum Gasteiger partial charge on any atom is 0.214 e. The lowest BCUT2D eigenvalue weighted by atomic mass is 10.2. The SMILES string of the molecule is C1CCNC1.CN1CCN(c2ccc(CN(C=O)c3ccc(F)cc3)cn2)CC1. The van der Waals surface area contributed by atoms with Gasteiger partial charge in [0.15, 0.2) is 0 Å². The van der Waals surface area contributed by atoms with E-state index in [9.17, 15) is 9.18 Å². The predicted octanol–water partition coefficient (Wildman–Crippen LogP) is 2.51. The van der Waals surface area contributed by atoms with Crippen molar-refractivity contribution in [3.8, 4) is 0 Å². The fourth-order valence-corrected chi connectivity index (χ4v) is 3.38. The molecule has 1 aromatic heterocycles. The predicted molar refractivity (Wildman–Crippen MR) is 115 cm³/mol. The molecule has 6 nitrogen and oxygen atoms in total. The van der Waals surface area contributed by atoms with Gasteiger partial charge in [0, 0.05) is 38.1 Å². The molecule has 2 saturated heterocycles. The van der Waals surface area contributed by atoms with Crippen LogP contribution in [0.3, 0.4) is 0 Å². The smallest absolute Gasteiger partial charge is 0.214 e. The Labute approximate surface area is 172 Å². The van der Waals surface area contributed by atoms with Crippen molar-refractivity contribution in [2.45, 2.75) is 19.4 Å². The molecule has 2 aromatic rings. The lowest BCUT2D eigenvalue weighted by Gasteiger charge is -2.33. The third kappa shape index (κ3) is 6.51. The van der Waals surface area contributed by atoms with Crippen molar-refractivity contribution in [1.29, 1.82) is 0 Å². The molecule has 3 heterocycles. The summed E-state index contributed by atoms with van der Waals surface area (Å²) in [5, 5.41) is 3.22. The number of pyridine rings is 1. The van der Waals surface area contributed by atoms with Crippen molar-refractivity contribution in [1.82, 2.24) is 15.2 Å². The number of hydrogen-bond acceptors (Lipinski definition) is 5. The number of nitrogens with one attached hydrogen (secondary N) is 1. The summed E-state index contributed by atoms with van der Waals surface area (Å²) in [5.41, 5.74) is 1.60. The molecule has 0 aliphatic carbocycles. The summed E-state index contributed by atoms with van der Waals surface area (Å²) < 4.78 is 13.0. The number of likely N-dealkylation sites (N-methyl/N-ethyl adjacent to an activating group) is 1. The Morgan fingerprint density at radius 2 is 1.76 bits per heavy atom. The maximum atomic E-state index is 13.0. The molecule has 0 saturated carbocycles. The molecule has 0 atom stereocenters. The summed E-state index contributed by atoms with van der Waals surface area (Å²) in [6.07, 6.45) is 5.33. The second kappa shape index (κ2) is 10.9. The van der Waals surface area contributed by atoms with Gasteiger partial charge in [0.1, 0.15) is 11.6 Å². The Morgan fingerprint density at radius 1 is 1.07 bits per heavy atom. The van der Waals surface area contributed by atoms with Crippen LogP contribution >= 0.6 is 0 Å². The molecule has 156 valence electrons. The van der Waals surface area contributed by atoms with Crippen LogP contribution in [0.5, 0.6) is 0 Å². The second-order valence-corrected chi connectivity index (χ2v) is 7.48. The summed E-state index contributed by atoms with van der Waals surface area (Å²) in [5.74, 6) is 0.647. The number of benzene rings is 1. The molecule has 0 spiro atoms. The van der Waals surface area contributed by atoms with E-state index in [4.69, 9.17) is 0 Å². The average Bonchev–Trinajstić information content (AvgIpc) is 3.34. The van der Waals surface area contributed by atoms with Crippen LogP contribution in [0.1, 0.15) is 18.4 Å². The zero-order valence-corrected chi connectivity index (χ0v) is 17.1. The van der Waals surface area contributed by atoms with Gasteiger partial charge in [0.25, 0.3) is 0 Å². The first-order chi connectivity index (χ1) is 14.2. The van der Waals surface area contributed by atoms with Gasteiger partial charge in [0.2, 0.25) is 6.41 Å². The summed E-state index contributed by atoms with van der Waals surface area (Å²) in [6, 6.07) is 9.86. The number of aromatic nitrogens is 1. The van der Waals surface area contributed by atoms with Crippen LogP contribution in [0.2, 0.25) is 0 Å². The molecular weight excluding hydrogens is 369 g/mol. The fourth-order valence-electron chi connectivity index (χ4n) is 3.38. The highest BCUT2D eigenvalue weighted by molar-refractivity contribution is 5.74. The van der Waals surface area contributed by atoms with Crippen LogP contribution in [0, 0.1) is 5.82 Å². The minimum absolute atomic E-state index is 0.317. The zero-order chi connectivity index (χ0) is 20.5. The molecule has 1 N–H and O–H groups in total. The van der Waals surface area contributed by atoms with Crippen LogP contribution < -0.4 is 15.1 Å². The number of halogens is 1. The maximum absolute atomic E-state index is 13.0. The molecule has 0 radical (unpaired) electrons. The van der Waals surface area contributed by atoms with E-state index >= 15 is 0 Å². The summed E-state index contributed by atoms with van der Waals surface area (Å²) in [4.78, 5) is 22.0. The van der Waals surface area contributed by atoms with Crippen LogP contribution in [0.15, 0.2) is 42.6 Å². The first kappa shape index (κ1) is 21.2. The van der Waals surface area contributed by atoms with E-state index < -0.39 is 0 Å². The van der Waals surface area contributed by atoms with E-state index in [1.165, 1.54) is 43.0 Å². The molecule has 7 heteroatoms. The number of amides is 1. The van der Waals surface area contributed by atoms with Gasteiger partial charge in [-0.15, -0.1) is 0 Å². The van der Waals surface area contributed by atoms with Crippen molar-refractivity contribution in [2.75, 3.05) is 56.1 Å². The van der Waals surface area contributed by atoms with Crippen LogP contribution in [0.25, 0.3) is 0 Å². The highest BCUT2D eigenvalue weighted by atomic mass is 19.1. The van der Waals surface area contributed by atoms with Gasteiger partial charge in [-0.3, -0.25) is 4.79 Å². The Kier molecular flexibility index (Phi) is 7.95. The third-order valence-electron chi connectivity index (χ3n) is 5.23. The van der Waals surface area contributed by atoms with E-state index in [0.717, 1.165) is 44.0 Å². The standard InChI is InChI=1S/C18H21FN4O.C4H9N/c1-21-8-10-22(11-9-21)18-7-2-15(12-20-18)13-23(14-24)17-5-3-16(19)4-6-17;1-2-4-5-3-1/h2-7,12,14H,8-11,13H2,1H3;5H,1-4H2. The van der Waals surface area contributed by atoms with Gasteiger partial charge in [-0.25, -0.2) is 9.37 Å². The van der Waals surface area contributed by atoms with Crippen molar-refractivity contribution in [3.63, 3.8) is 0 Å². The molecule has 2 aliphatic rings. The summed E-state index contributed by atoms with van der Waals surface area (Å²) in [6.45, 7) is 6.92. The number of anilines is 2. The first-order valence-electron chi connectivity index (χ1n) is 10.2. The Balaban J connectivity index is 0.000000419. The quantitative estimate of drug-likeness (QED) is 0.783. The lowest BCUT2D eigenvalue weighted by molar-refractivity contribution is -0.107. The molecule has 4 rings (SSSR count). The average molecular weight is 400 g/mol. The molecule has 0 unspecified atom stereocenters. The number of nitrogens with zero attached hydrogens (tertiary/aromatic N) is 4. The minimum Gasteiger partial charge on any atom is -0.354 e.